The van der Waals surface area contributed by atoms with E-state index in [1.165, 1.54) is 0 Å². The minimum absolute atomic E-state index is 0.0765. The van der Waals surface area contributed by atoms with Crippen molar-refractivity contribution in [2.45, 2.75) is 12.8 Å². The first-order valence-corrected chi connectivity index (χ1v) is 4.16. The van der Waals surface area contributed by atoms with Crippen LogP contribution in [-0.2, 0) is 6.42 Å². The number of hydrogen-bond acceptors (Lipinski definition) is 3. The van der Waals surface area contributed by atoms with Crippen molar-refractivity contribution in [2.24, 2.45) is 5.73 Å². The van der Waals surface area contributed by atoms with Crippen molar-refractivity contribution in [1.29, 1.82) is 0 Å². The van der Waals surface area contributed by atoms with Gasteiger partial charge in [0.25, 0.3) is 0 Å². The maximum Gasteiger partial charge on any atom is 0.171 e. The van der Waals surface area contributed by atoms with Gasteiger partial charge in [0.2, 0.25) is 0 Å². The first kappa shape index (κ1) is 9.29. The fraction of sp³-hybridized carbons (Fsp3) is 0.375. The Hall–Kier alpha value is -0.800. The lowest BCUT2D eigenvalue weighted by Crippen LogP contribution is -2.00. The van der Waals surface area contributed by atoms with Crippen molar-refractivity contribution in [3.05, 3.63) is 23.0 Å². The Morgan fingerprint density at radius 1 is 1.58 bits per heavy atom. The van der Waals surface area contributed by atoms with E-state index in [-0.39, 0.29) is 10.9 Å². The van der Waals surface area contributed by atoms with E-state index in [2.05, 4.69) is 4.98 Å². The third-order valence-corrected chi connectivity index (χ3v) is 1.89. The van der Waals surface area contributed by atoms with Crippen molar-refractivity contribution in [3.8, 4) is 5.75 Å². The summed E-state index contributed by atoms with van der Waals surface area (Å²) in [5, 5.41) is 9.55. The van der Waals surface area contributed by atoms with E-state index in [1.807, 2.05) is 0 Å². The SMILES string of the molecule is NCCCc1ccnc(Cl)c1O. The van der Waals surface area contributed by atoms with Gasteiger partial charge in [-0.15, -0.1) is 0 Å². The van der Waals surface area contributed by atoms with Gasteiger partial charge in [-0.2, -0.15) is 0 Å². The van der Waals surface area contributed by atoms with Crippen molar-refractivity contribution in [2.75, 3.05) is 6.54 Å². The predicted molar refractivity (Wildman–Crippen MR) is 48.3 cm³/mol. The Bertz CT molecular complexity index is 265. The van der Waals surface area contributed by atoms with E-state index < -0.39 is 0 Å². The molecule has 4 heteroatoms. The highest BCUT2D eigenvalue weighted by atomic mass is 35.5. The normalized spacial score (nSPS) is 10.2. The summed E-state index contributed by atoms with van der Waals surface area (Å²) in [5.74, 6) is 0.0765. The van der Waals surface area contributed by atoms with Crippen LogP contribution in [0.5, 0.6) is 5.75 Å². The molecule has 0 aromatic carbocycles. The molecule has 0 radical (unpaired) electrons. The smallest absolute Gasteiger partial charge is 0.171 e. The van der Waals surface area contributed by atoms with E-state index >= 15 is 0 Å². The number of pyridine rings is 1. The quantitative estimate of drug-likeness (QED) is 0.701. The average Bonchev–Trinajstić information content (AvgIpc) is 2.08. The van der Waals surface area contributed by atoms with Crippen LogP contribution in [0, 0.1) is 0 Å². The zero-order valence-electron chi connectivity index (χ0n) is 6.63. The van der Waals surface area contributed by atoms with Gasteiger partial charge in [-0.25, -0.2) is 4.98 Å². The van der Waals surface area contributed by atoms with Gasteiger partial charge in [0.15, 0.2) is 10.9 Å². The molecular formula is C8H11ClN2O. The maximum absolute atomic E-state index is 9.39. The molecule has 0 amide bonds. The van der Waals surface area contributed by atoms with E-state index in [4.69, 9.17) is 17.3 Å². The number of rotatable bonds is 3. The zero-order chi connectivity index (χ0) is 8.97. The Labute approximate surface area is 76.2 Å². The van der Waals surface area contributed by atoms with Crippen LogP contribution in [0.25, 0.3) is 0 Å². The minimum atomic E-state index is 0.0765. The minimum Gasteiger partial charge on any atom is -0.504 e. The number of aromatic nitrogens is 1. The molecule has 1 heterocycles. The van der Waals surface area contributed by atoms with Crippen LogP contribution in [0.2, 0.25) is 5.15 Å². The summed E-state index contributed by atoms with van der Waals surface area (Å²) in [6, 6.07) is 1.75. The molecule has 0 aliphatic carbocycles. The van der Waals surface area contributed by atoms with Gasteiger partial charge in [-0.05, 0) is 31.0 Å². The molecule has 3 N–H and O–H groups in total. The molecule has 0 aliphatic rings. The molecule has 0 bridgehead atoms. The molecule has 1 aromatic heterocycles. The highest BCUT2D eigenvalue weighted by Gasteiger charge is 2.04. The molecule has 1 aromatic rings. The summed E-state index contributed by atoms with van der Waals surface area (Å²) in [7, 11) is 0. The standard InChI is InChI=1S/C8H11ClN2O/c9-8-7(12)6(2-1-4-10)3-5-11-8/h3,5,12H,1-2,4,10H2. The van der Waals surface area contributed by atoms with Crippen LogP contribution in [-0.4, -0.2) is 16.6 Å². The van der Waals surface area contributed by atoms with E-state index in [1.54, 1.807) is 12.3 Å². The molecule has 0 saturated heterocycles. The molecule has 3 nitrogen and oxygen atoms in total. The van der Waals surface area contributed by atoms with Crippen molar-refractivity contribution < 1.29 is 5.11 Å². The Morgan fingerprint density at radius 3 is 3.00 bits per heavy atom. The fourth-order valence-electron chi connectivity index (χ4n) is 0.959. The highest BCUT2D eigenvalue weighted by Crippen LogP contribution is 2.25. The molecule has 0 unspecified atom stereocenters. The number of halogens is 1. The number of aromatic hydroxyl groups is 1. The predicted octanol–water partition coefficient (Wildman–Crippen LogP) is 1.33. The second kappa shape index (κ2) is 4.28. The molecule has 0 fully saturated rings. The van der Waals surface area contributed by atoms with Gasteiger partial charge < -0.3 is 10.8 Å². The van der Waals surface area contributed by atoms with Crippen LogP contribution in [0.15, 0.2) is 12.3 Å². The van der Waals surface area contributed by atoms with Gasteiger partial charge in [-0.1, -0.05) is 11.6 Å². The molecule has 0 saturated carbocycles. The molecule has 0 aliphatic heterocycles. The van der Waals surface area contributed by atoms with E-state index in [0.29, 0.717) is 6.54 Å². The van der Waals surface area contributed by atoms with Crippen LogP contribution in [0.3, 0.4) is 0 Å². The lowest BCUT2D eigenvalue weighted by Gasteiger charge is -2.03. The van der Waals surface area contributed by atoms with Crippen molar-refractivity contribution in [1.82, 2.24) is 4.98 Å². The third kappa shape index (κ3) is 2.09. The summed E-state index contributed by atoms with van der Waals surface area (Å²) in [5.41, 5.74) is 6.14. The molecule has 12 heavy (non-hydrogen) atoms. The number of hydrogen-bond donors (Lipinski definition) is 2. The van der Waals surface area contributed by atoms with Gasteiger partial charge in [0.1, 0.15) is 0 Å². The Kier molecular flexibility index (Phi) is 3.31. The van der Waals surface area contributed by atoms with E-state index in [9.17, 15) is 5.11 Å². The summed E-state index contributed by atoms with van der Waals surface area (Å²) in [6.07, 6.45) is 3.16. The molecule has 1 rings (SSSR count). The fourth-order valence-corrected chi connectivity index (χ4v) is 1.14. The second-order valence-electron chi connectivity index (χ2n) is 2.50. The average molecular weight is 187 g/mol. The monoisotopic (exact) mass is 186 g/mol. The summed E-state index contributed by atoms with van der Waals surface area (Å²) < 4.78 is 0. The molecule has 66 valence electrons. The van der Waals surface area contributed by atoms with Gasteiger partial charge in [0.05, 0.1) is 0 Å². The summed E-state index contributed by atoms with van der Waals surface area (Å²) in [6.45, 7) is 0.610. The lowest BCUT2D eigenvalue weighted by molar-refractivity contribution is 0.465. The zero-order valence-corrected chi connectivity index (χ0v) is 7.38. The molecular weight excluding hydrogens is 176 g/mol. The number of aryl methyl sites for hydroxylation is 1. The van der Waals surface area contributed by atoms with Crippen molar-refractivity contribution >= 4 is 11.6 Å². The van der Waals surface area contributed by atoms with Gasteiger partial charge in [-0.3, -0.25) is 0 Å². The summed E-state index contributed by atoms with van der Waals surface area (Å²) in [4.78, 5) is 3.73. The van der Waals surface area contributed by atoms with Gasteiger partial charge in [0, 0.05) is 6.20 Å². The van der Waals surface area contributed by atoms with Gasteiger partial charge >= 0.3 is 0 Å². The Balaban J connectivity index is 2.78. The first-order valence-electron chi connectivity index (χ1n) is 3.78. The largest absolute Gasteiger partial charge is 0.504 e. The van der Waals surface area contributed by atoms with Crippen LogP contribution >= 0.6 is 11.6 Å². The number of nitrogens with two attached hydrogens (primary N) is 1. The second-order valence-corrected chi connectivity index (χ2v) is 2.86. The topological polar surface area (TPSA) is 59.1 Å². The molecule has 0 spiro atoms. The molecule has 0 atom stereocenters. The Morgan fingerprint density at radius 2 is 2.33 bits per heavy atom. The maximum atomic E-state index is 9.39. The lowest BCUT2D eigenvalue weighted by atomic mass is 10.1. The summed E-state index contributed by atoms with van der Waals surface area (Å²) >= 11 is 5.60. The van der Waals surface area contributed by atoms with Crippen LogP contribution < -0.4 is 5.73 Å². The highest BCUT2D eigenvalue weighted by molar-refractivity contribution is 6.30. The number of nitrogens with zero attached hydrogens (tertiary/aromatic N) is 1. The third-order valence-electron chi connectivity index (χ3n) is 1.61. The van der Waals surface area contributed by atoms with E-state index in [0.717, 1.165) is 18.4 Å². The van der Waals surface area contributed by atoms with Crippen LogP contribution in [0.1, 0.15) is 12.0 Å². The first-order chi connectivity index (χ1) is 5.75. The van der Waals surface area contributed by atoms with Crippen LogP contribution in [0.4, 0.5) is 0 Å². The van der Waals surface area contributed by atoms with Crippen molar-refractivity contribution in [3.63, 3.8) is 0 Å².